The van der Waals surface area contributed by atoms with Crippen LogP contribution in [-0.4, -0.2) is 29.9 Å². The molecule has 0 aliphatic carbocycles. The summed E-state index contributed by atoms with van der Waals surface area (Å²) in [5, 5.41) is 0. The third-order valence-electron chi connectivity index (χ3n) is 7.83. The van der Waals surface area contributed by atoms with Crippen LogP contribution in [0, 0.1) is 0 Å². The quantitative estimate of drug-likeness (QED) is 0.159. The second-order valence-electron chi connectivity index (χ2n) is 11.0. The zero-order chi connectivity index (χ0) is 33.1. The summed E-state index contributed by atoms with van der Waals surface area (Å²) in [4.78, 5) is 30.1. The zero-order valence-corrected chi connectivity index (χ0v) is 27.6. The maximum absolute atomic E-state index is 5.12. The van der Waals surface area contributed by atoms with Crippen LogP contribution in [0.4, 0.5) is 0 Å². The summed E-state index contributed by atoms with van der Waals surface area (Å²) >= 11 is 0. The van der Waals surface area contributed by atoms with Crippen LogP contribution in [0.2, 0.25) is 0 Å². The minimum Gasteiger partial charge on any atom is -0.208 e. The Balaban J connectivity index is 0.00000197. The molecule has 0 amide bonds. The molecule has 7 aromatic rings. The lowest BCUT2D eigenvalue weighted by Gasteiger charge is -2.14. The molecule has 0 saturated carbocycles. The number of benzene rings is 5. The summed E-state index contributed by atoms with van der Waals surface area (Å²) in [5.41, 5.74) is 6.64. The summed E-state index contributed by atoms with van der Waals surface area (Å²) in [6.07, 6.45) is 3.16. The molecular formula is C42H38N6. The molecule has 0 aliphatic heterocycles. The van der Waals surface area contributed by atoms with E-state index in [1.807, 2.05) is 135 Å². The number of unbranched alkanes of at least 4 members (excludes halogenated alkanes) is 1. The van der Waals surface area contributed by atoms with Gasteiger partial charge in [-0.15, -0.1) is 0 Å². The lowest BCUT2D eigenvalue weighted by Crippen LogP contribution is -2.04. The Morgan fingerprint density at radius 1 is 0.354 bits per heavy atom. The highest BCUT2D eigenvalue weighted by molar-refractivity contribution is 5.80. The molecule has 6 nitrogen and oxygen atoms in total. The Labute approximate surface area is 282 Å². The lowest BCUT2D eigenvalue weighted by atomic mass is 10.0. The fourth-order valence-corrected chi connectivity index (χ4v) is 5.46. The van der Waals surface area contributed by atoms with E-state index in [9.17, 15) is 0 Å². The average molecular weight is 627 g/mol. The molecule has 48 heavy (non-hydrogen) atoms. The minimum absolute atomic E-state index is 0.551. The normalized spacial score (nSPS) is 10.6. The van der Waals surface area contributed by atoms with E-state index in [2.05, 4.69) is 25.1 Å². The van der Waals surface area contributed by atoms with E-state index >= 15 is 0 Å². The zero-order valence-electron chi connectivity index (χ0n) is 27.6. The maximum Gasteiger partial charge on any atom is 0.164 e. The van der Waals surface area contributed by atoms with E-state index in [4.69, 9.17) is 29.9 Å². The van der Waals surface area contributed by atoms with Crippen LogP contribution < -0.4 is 0 Å². The Hall–Kier alpha value is -5.88. The summed E-state index contributed by atoms with van der Waals surface area (Å²) in [6, 6.07) is 46.5. The third-order valence-corrected chi connectivity index (χ3v) is 7.83. The first-order valence-electron chi connectivity index (χ1n) is 16.6. The molecule has 0 bridgehead atoms. The van der Waals surface area contributed by atoms with Gasteiger partial charge in [-0.2, -0.15) is 0 Å². The molecule has 0 saturated heterocycles. The number of hydrogen-bond acceptors (Lipinski definition) is 6. The average Bonchev–Trinajstić information content (AvgIpc) is 3.18. The van der Waals surface area contributed by atoms with E-state index < -0.39 is 0 Å². The van der Waals surface area contributed by atoms with Crippen LogP contribution in [-0.2, 0) is 6.42 Å². The van der Waals surface area contributed by atoms with Crippen molar-refractivity contribution in [3.05, 3.63) is 145 Å². The van der Waals surface area contributed by atoms with Gasteiger partial charge >= 0.3 is 0 Å². The smallest absolute Gasteiger partial charge is 0.164 e. The first-order chi connectivity index (χ1) is 23.8. The van der Waals surface area contributed by atoms with E-state index in [1.54, 1.807) is 0 Å². The van der Waals surface area contributed by atoms with Crippen molar-refractivity contribution in [2.45, 2.75) is 40.0 Å². The third kappa shape index (κ3) is 7.24. The number of hydrogen-bond donors (Lipinski definition) is 0. The molecule has 0 unspecified atom stereocenters. The van der Waals surface area contributed by atoms with Gasteiger partial charge in [-0.1, -0.05) is 167 Å². The van der Waals surface area contributed by atoms with Crippen LogP contribution in [0.15, 0.2) is 140 Å². The van der Waals surface area contributed by atoms with Crippen molar-refractivity contribution < 1.29 is 0 Å². The van der Waals surface area contributed by atoms with Crippen LogP contribution >= 0.6 is 0 Å². The fourth-order valence-electron chi connectivity index (χ4n) is 5.46. The molecule has 6 heteroatoms. The second-order valence-corrected chi connectivity index (χ2v) is 11.0. The highest BCUT2D eigenvalue weighted by Crippen LogP contribution is 2.33. The fraction of sp³-hybridized carbons (Fsp3) is 0.143. The minimum atomic E-state index is 0.551. The molecule has 0 radical (unpaired) electrons. The van der Waals surface area contributed by atoms with Crippen LogP contribution in [0.1, 0.15) is 39.2 Å². The topological polar surface area (TPSA) is 77.3 Å². The van der Waals surface area contributed by atoms with Gasteiger partial charge in [0.25, 0.3) is 0 Å². The van der Waals surface area contributed by atoms with Gasteiger partial charge in [-0.25, -0.2) is 29.9 Å². The van der Waals surface area contributed by atoms with Crippen molar-refractivity contribution >= 4 is 0 Å². The van der Waals surface area contributed by atoms with Gasteiger partial charge in [-0.05, 0) is 18.4 Å². The van der Waals surface area contributed by atoms with Gasteiger partial charge < -0.3 is 0 Å². The van der Waals surface area contributed by atoms with Crippen LogP contribution in [0.5, 0.6) is 0 Å². The van der Waals surface area contributed by atoms with Crippen molar-refractivity contribution in [3.8, 4) is 68.3 Å². The molecule has 2 aromatic heterocycles. The van der Waals surface area contributed by atoms with Crippen LogP contribution in [0.25, 0.3) is 68.3 Å². The van der Waals surface area contributed by atoms with E-state index in [0.29, 0.717) is 34.9 Å². The van der Waals surface area contributed by atoms with Crippen molar-refractivity contribution in [2.75, 3.05) is 0 Å². The van der Waals surface area contributed by atoms with Gasteiger partial charge in [0.15, 0.2) is 34.9 Å². The standard InChI is InChI=1S/C40H32N6.C2H6/c1-2-3-17-28-18-13-14-25-32(28)38-42-37(31-23-11-6-12-24-31)45-40(46-38)34-27-16-15-26-33(34)39-43-35(29-19-7-4-8-20-29)41-36(44-39)30-21-9-5-10-22-30;1-2/h4-16,18-27H,2-3,17H2,1H3;1-2H3. The maximum atomic E-state index is 5.12. The van der Waals surface area contributed by atoms with Crippen molar-refractivity contribution in [1.29, 1.82) is 0 Å². The Morgan fingerprint density at radius 3 is 1.08 bits per heavy atom. The largest absolute Gasteiger partial charge is 0.208 e. The molecule has 5 aromatic carbocycles. The Kier molecular flexibility index (Phi) is 10.4. The number of aryl methyl sites for hydroxylation is 1. The first-order valence-corrected chi connectivity index (χ1v) is 16.6. The number of nitrogens with zero attached hydrogens (tertiary/aromatic N) is 6. The number of aromatic nitrogens is 6. The predicted octanol–water partition coefficient (Wildman–Crippen LogP) is 10.4. The molecular weight excluding hydrogens is 589 g/mol. The molecule has 0 fully saturated rings. The van der Waals surface area contributed by atoms with E-state index in [1.165, 1.54) is 5.56 Å². The SMILES string of the molecule is CC.CCCCc1ccccc1-c1nc(-c2ccccc2)nc(-c2ccccc2-c2nc(-c3ccccc3)nc(-c3ccccc3)n2)n1. The second kappa shape index (κ2) is 15.6. The molecule has 7 rings (SSSR count). The van der Waals surface area contributed by atoms with Gasteiger partial charge in [-0.3, -0.25) is 0 Å². The van der Waals surface area contributed by atoms with Gasteiger partial charge in [0.2, 0.25) is 0 Å². The molecule has 0 aliphatic rings. The van der Waals surface area contributed by atoms with Crippen LogP contribution in [0.3, 0.4) is 0 Å². The van der Waals surface area contributed by atoms with Gasteiger partial charge in [0, 0.05) is 33.4 Å². The van der Waals surface area contributed by atoms with Gasteiger partial charge in [0.1, 0.15) is 0 Å². The van der Waals surface area contributed by atoms with Crippen molar-refractivity contribution in [2.24, 2.45) is 0 Å². The monoisotopic (exact) mass is 626 g/mol. The summed E-state index contributed by atoms with van der Waals surface area (Å²) < 4.78 is 0. The first kappa shape index (κ1) is 32.1. The summed E-state index contributed by atoms with van der Waals surface area (Å²) in [6.45, 7) is 6.21. The molecule has 0 N–H and O–H groups in total. The van der Waals surface area contributed by atoms with E-state index in [-0.39, 0.29) is 0 Å². The van der Waals surface area contributed by atoms with Gasteiger partial charge in [0.05, 0.1) is 0 Å². The van der Waals surface area contributed by atoms with E-state index in [0.717, 1.165) is 52.6 Å². The highest BCUT2D eigenvalue weighted by Gasteiger charge is 2.19. The number of rotatable bonds is 9. The summed E-state index contributed by atoms with van der Waals surface area (Å²) in [5.74, 6) is 3.58. The highest BCUT2D eigenvalue weighted by atomic mass is 15.1. The Morgan fingerprint density at radius 2 is 0.667 bits per heavy atom. The lowest BCUT2D eigenvalue weighted by molar-refractivity contribution is 0.795. The summed E-state index contributed by atoms with van der Waals surface area (Å²) in [7, 11) is 0. The van der Waals surface area contributed by atoms with Crippen molar-refractivity contribution in [1.82, 2.24) is 29.9 Å². The molecule has 236 valence electrons. The van der Waals surface area contributed by atoms with Crippen molar-refractivity contribution in [3.63, 3.8) is 0 Å². The molecule has 0 spiro atoms. The molecule has 2 heterocycles. The molecule has 0 atom stereocenters. The predicted molar refractivity (Wildman–Crippen MR) is 196 cm³/mol. The Bertz CT molecular complexity index is 2020.